The van der Waals surface area contributed by atoms with Crippen molar-refractivity contribution in [3.8, 4) is 0 Å². The first-order valence-electron chi connectivity index (χ1n) is 8.49. The zero-order chi connectivity index (χ0) is 15.8. The van der Waals surface area contributed by atoms with Gasteiger partial charge in [0.1, 0.15) is 5.60 Å². The number of nitrogens with zero attached hydrogens (tertiary/aromatic N) is 2. The van der Waals surface area contributed by atoms with Crippen molar-refractivity contribution in [3.63, 3.8) is 0 Å². The molecule has 1 N–H and O–H groups in total. The molecule has 3 aliphatic rings. The number of ether oxygens (including phenoxy) is 3. The van der Waals surface area contributed by atoms with E-state index in [0.29, 0.717) is 26.1 Å². The molecule has 0 atom stereocenters. The predicted molar refractivity (Wildman–Crippen MR) is 84.3 cm³/mol. The summed E-state index contributed by atoms with van der Waals surface area (Å²) < 4.78 is 16.8. The van der Waals surface area contributed by atoms with E-state index in [2.05, 4.69) is 16.0 Å². The minimum atomic E-state index is -0.871. The van der Waals surface area contributed by atoms with Gasteiger partial charge in [-0.1, -0.05) is 0 Å². The van der Waals surface area contributed by atoms with Gasteiger partial charge in [0, 0.05) is 25.9 Å². The van der Waals surface area contributed by atoms with Gasteiger partial charge in [-0.05, 0) is 25.0 Å². The van der Waals surface area contributed by atoms with Crippen LogP contribution in [0, 0.1) is 0 Å². The summed E-state index contributed by atoms with van der Waals surface area (Å²) in [5.41, 5.74) is 0.974. The quantitative estimate of drug-likeness (QED) is 0.889. The van der Waals surface area contributed by atoms with Crippen LogP contribution in [0.25, 0.3) is 0 Å². The highest BCUT2D eigenvalue weighted by molar-refractivity contribution is 5.45. The molecule has 0 bridgehead atoms. The average Bonchev–Trinajstić information content (AvgIpc) is 3.08. The van der Waals surface area contributed by atoms with Crippen molar-refractivity contribution in [3.05, 3.63) is 24.0 Å². The van der Waals surface area contributed by atoms with E-state index in [1.807, 2.05) is 12.3 Å². The molecule has 0 amide bonds. The van der Waals surface area contributed by atoms with Crippen LogP contribution in [0.3, 0.4) is 0 Å². The first kappa shape index (κ1) is 15.3. The van der Waals surface area contributed by atoms with Gasteiger partial charge in [-0.25, -0.2) is 0 Å². The van der Waals surface area contributed by atoms with Gasteiger partial charge in [0.15, 0.2) is 5.79 Å². The lowest BCUT2D eigenvalue weighted by Crippen LogP contribution is -2.42. The maximum absolute atomic E-state index is 11.0. The summed E-state index contributed by atoms with van der Waals surface area (Å²) in [5.74, 6) is -0.458. The summed E-state index contributed by atoms with van der Waals surface area (Å²) >= 11 is 0. The van der Waals surface area contributed by atoms with Crippen molar-refractivity contribution in [1.82, 2.24) is 4.98 Å². The van der Waals surface area contributed by atoms with Crippen molar-refractivity contribution < 1.29 is 19.3 Å². The summed E-state index contributed by atoms with van der Waals surface area (Å²) in [4.78, 5) is 6.81. The Hall–Kier alpha value is -1.21. The number of morpholine rings is 1. The topological polar surface area (TPSA) is 64.1 Å². The van der Waals surface area contributed by atoms with Crippen LogP contribution in [0.1, 0.15) is 31.4 Å². The van der Waals surface area contributed by atoms with Crippen molar-refractivity contribution in [1.29, 1.82) is 0 Å². The standard InChI is InChI=1S/C17H24N2O4/c20-16(3-5-17(6-4-16)22-11-12-23-17)15-2-1-14(13-18-15)19-7-9-21-10-8-19/h1-2,13,20H,3-12H2. The first-order chi connectivity index (χ1) is 11.2. The smallest absolute Gasteiger partial charge is 0.168 e. The molecule has 0 unspecified atom stereocenters. The SMILES string of the molecule is OC1(c2ccc(N3CCOCC3)cn2)CCC2(CC1)OCCO2. The molecule has 6 nitrogen and oxygen atoms in total. The van der Waals surface area contributed by atoms with Crippen molar-refractivity contribution in [2.24, 2.45) is 0 Å². The van der Waals surface area contributed by atoms with E-state index >= 15 is 0 Å². The van der Waals surface area contributed by atoms with E-state index in [9.17, 15) is 5.11 Å². The Morgan fingerprint density at radius 2 is 1.65 bits per heavy atom. The van der Waals surface area contributed by atoms with E-state index < -0.39 is 11.4 Å². The normalized spacial score (nSPS) is 26.6. The molecule has 1 aromatic rings. The van der Waals surface area contributed by atoms with Gasteiger partial charge >= 0.3 is 0 Å². The zero-order valence-corrected chi connectivity index (χ0v) is 13.4. The minimum absolute atomic E-state index is 0.458. The molecule has 23 heavy (non-hydrogen) atoms. The van der Waals surface area contributed by atoms with Gasteiger partial charge in [-0.3, -0.25) is 4.98 Å². The highest BCUT2D eigenvalue weighted by atomic mass is 16.7. The fourth-order valence-electron chi connectivity index (χ4n) is 3.76. The number of aliphatic hydroxyl groups is 1. The molecule has 0 radical (unpaired) electrons. The van der Waals surface area contributed by atoms with Crippen molar-refractivity contribution >= 4 is 5.69 Å². The van der Waals surface area contributed by atoms with Gasteiger partial charge in [0.25, 0.3) is 0 Å². The lowest BCUT2D eigenvalue weighted by molar-refractivity contribution is -0.204. The van der Waals surface area contributed by atoms with Crippen LogP contribution in [0.5, 0.6) is 0 Å². The molecule has 1 aromatic heterocycles. The molecule has 1 saturated carbocycles. The molecular weight excluding hydrogens is 296 g/mol. The Morgan fingerprint density at radius 3 is 2.26 bits per heavy atom. The van der Waals surface area contributed by atoms with Crippen molar-refractivity contribution in [2.75, 3.05) is 44.4 Å². The van der Waals surface area contributed by atoms with Crippen LogP contribution in [0.2, 0.25) is 0 Å². The highest BCUT2D eigenvalue weighted by Crippen LogP contribution is 2.44. The largest absolute Gasteiger partial charge is 0.384 e. The highest BCUT2D eigenvalue weighted by Gasteiger charge is 2.46. The van der Waals surface area contributed by atoms with Crippen LogP contribution in [0.15, 0.2) is 18.3 Å². The Balaban J connectivity index is 1.45. The number of hydrogen-bond acceptors (Lipinski definition) is 6. The molecule has 2 aliphatic heterocycles. The molecular formula is C17H24N2O4. The zero-order valence-electron chi connectivity index (χ0n) is 13.4. The van der Waals surface area contributed by atoms with Crippen LogP contribution >= 0.6 is 0 Å². The summed E-state index contributed by atoms with van der Waals surface area (Å²) in [7, 11) is 0. The van der Waals surface area contributed by atoms with E-state index in [0.717, 1.165) is 50.5 Å². The van der Waals surface area contributed by atoms with Gasteiger partial charge in [-0.2, -0.15) is 0 Å². The number of pyridine rings is 1. The van der Waals surface area contributed by atoms with E-state index in [4.69, 9.17) is 14.2 Å². The Labute approximate surface area is 136 Å². The van der Waals surface area contributed by atoms with Gasteiger partial charge < -0.3 is 24.2 Å². The lowest BCUT2D eigenvalue weighted by Gasteiger charge is -2.40. The third-order valence-corrected chi connectivity index (χ3v) is 5.25. The lowest BCUT2D eigenvalue weighted by atomic mass is 9.79. The van der Waals surface area contributed by atoms with Gasteiger partial charge in [-0.15, -0.1) is 0 Å². The predicted octanol–water partition coefficient (Wildman–Crippen LogP) is 1.42. The third-order valence-electron chi connectivity index (χ3n) is 5.25. The molecule has 0 aromatic carbocycles. The van der Waals surface area contributed by atoms with Crippen LogP contribution in [-0.2, 0) is 19.8 Å². The second kappa shape index (κ2) is 6.02. The van der Waals surface area contributed by atoms with Gasteiger partial charge in [0.05, 0.1) is 44.0 Å². The number of rotatable bonds is 2. The third kappa shape index (κ3) is 2.96. The summed E-state index contributed by atoms with van der Waals surface area (Å²) in [5, 5.41) is 11.0. The maximum atomic E-state index is 11.0. The summed E-state index contributed by atoms with van der Waals surface area (Å²) in [6.07, 6.45) is 4.55. The second-order valence-corrected chi connectivity index (χ2v) is 6.64. The van der Waals surface area contributed by atoms with Crippen LogP contribution < -0.4 is 4.90 Å². The molecule has 1 spiro atoms. The first-order valence-corrected chi connectivity index (χ1v) is 8.49. The van der Waals surface area contributed by atoms with Crippen LogP contribution in [-0.4, -0.2) is 55.4 Å². The Morgan fingerprint density at radius 1 is 0.957 bits per heavy atom. The van der Waals surface area contributed by atoms with Crippen molar-refractivity contribution in [2.45, 2.75) is 37.1 Å². The van der Waals surface area contributed by atoms with E-state index in [1.165, 1.54) is 0 Å². The average molecular weight is 320 g/mol. The van der Waals surface area contributed by atoms with Gasteiger partial charge in [0.2, 0.25) is 0 Å². The molecule has 4 rings (SSSR count). The number of anilines is 1. The Kier molecular flexibility index (Phi) is 4.01. The minimum Gasteiger partial charge on any atom is -0.384 e. The number of hydrogen-bond donors (Lipinski definition) is 1. The fourth-order valence-corrected chi connectivity index (χ4v) is 3.76. The molecule has 6 heteroatoms. The molecule has 3 fully saturated rings. The van der Waals surface area contributed by atoms with E-state index in [1.54, 1.807) is 0 Å². The maximum Gasteiger partial charge on any atom is 0.168 e. The monoisotopic (exact) mass is 320 g/mol. The molecule has 2 saturated heterocycles. The molecule has 1 aliphatic carbocycles. The molecule has 126 valence electrons. The fraction of sp³-hybridized carbons (Fsp3) is 0.706. The number of aromatic nitrogens is 1. The summed E-state index contributed by atoms with van der Waals surface area (Å²) in [6.45, 7) is 4.61. The van der Waals surface area contributed by atoms with E-state index in [-0.39, 0.29) is 0 Å². The Bertz CT molecular complexity index is 526. The summed E-state index contributed by atoms with van der Waals surface area (Å²) in [6, 6.07) is 4.01. The molecule has 3 heterocycles. The second-order valence-electron chi connectivity index (χ2n) is 6.64. The van der Waals surface area contributed by atoms with Crippen LogP contribution in [0.4, 0.5) is 5.69 Å².